The van der Waals surface area contributed by atoms with E-state index in [0.717, 1.165) is 25.4 Å². The van der Waals surface area contributed by atoms with Gasteiger partial charge in [-0.05, 0) is 63.3 Å². The molecule has 2 rings (SSSR count). The summed E-state index contributed by atoms with van der Waals surface area (Å²) in [6.07, 6.45) is 2.53. The van der Waals surface area contributed by atoms with Crippen molar-refractivity contribution in [3.8, 4) is 5.75 Å². The van der Waals surface area contributed by atoms with Gasteiger partial charge in [0.25, 0.3) is 0 Å². The first-order valence-corrected chi connectivity index (χ1v) is 7.74. The number of nitrogens with zero attached hydrogens (tertiary/aromatic N) is 1. The second kappa shape index (κ2) is 8.62. The van der Waals surface area contributed by atoms with Gasteiger partial charge in [-0.1, -0.05) is 12.1 Å². The van der Waals surface area contributed by atoms with Crippen LogP contribution in [0.3, 0.4) is 0 Å². The Hall–Kier alpha value is -0.770. The molecular weight excluding hydrogens is 284 g/mol. The molecule has 1 saturated heterocycles. The molecule has 1 aromatic rings. The number of ether oxygens (including phenoxy) is 1. The molecule has 1 fully saturated rings. The summed E-state index contributed by atoms with van der Waals surface area (Å²) >= 11 is 0. The molecule has 2 atom stereocenters. The molecule has 0 aliphatic carbocycles. The third kappa shape index (κ3) is 5.50. The summed E-state index contributed by atoms with van der Waals surface area (Å²) in [7, 11) is 0. The average molecular weight is 313 g/mol. The van der Waals surface area contributed by atoms with E-state index in [4.69, 9.17) is 10.5 Å². The van der Waals surface area contributed by atoms with Crippen LogP contribution in [0.15, 0.2) is 18.2 Å². The lowest BCUT2D eigenvalue weighted by atomic mass is 9.92. The van der Waals surface area contributed by atoms with Crippen LogP contribution in [0, 0.1) is 19.8 Å². The van der Waals surface area contributed by atoms with Gasteiger partial charge >= 0.3 is 0 Å². The lowest BCUT2D eigenvalue weighted by Gasteiger charge is -2.34. The van der Waals surface area contributed by atoms with E-state index in [-0.39, 0.29) is 12.4 Å². The molecule has 1 aromatic carbocycles. The summed E-state index contributed by atoms with van der Waals surface area (Å²) in [6, 6.07) is 6.67. The molecule has 3 nitrogen and oxygen atoms in total. The van der Waals surface area contributed by atoms with Crippen LogP contribution in [-0.2, 0) is 0 Å². The van der Waals surface area contributed by atoms with E-state index in [1.54, 1.807) is 0 Å². The van der Waals surface area contributed by atoms with Crippen molar-refractivity contribution in [3.63, 3.8) is 0 Å². The first-order valence-electron chi connectivity index (χ1n) is 7.74. The molecule has 2 unspecified atom stereocenters. The van der Waals surface area contributed by atoms with Crippen LogP contribution in [0.25, 0.3) is 0 Å². The van der Waals surface area contributed by atoms with Gasteiger partial charge < -0.3 is 10.5 Å². The number of benzene rings is 1. The van der Waals surface area contributed by atoms with Crippen LogP contribution in [0.1, 0.15) is 30.9 Å². The summed E-state index contributed by atoms with van der Waals surface area (Å²) in [5, 5.41) is 0. The first-order chi connectivity index (χ1) is 9.56. The highest BCUT2D eigenvalue weighted by atomic mass is 35.5. The molecule has 0 aromatic heterocycles. The second-order valence-corrected chi connectivity index (χ2v) is 6.18. The van der Waals surface area contributed by atoms with Crippen LogP contribution in [0.5, 0.6) is 5.75 Å². The van der Waals surface area contributed by atoms with Gasteiger partial charge in [-0.2, -0.15) is 0 Å². The summed E-state index contributed by atoms with van der Waals surface area (Å²) in [6.45, 7) is 10.4. The molecular formula is C17H29ClN2O. The van der Waals surface area contributed by atoms with Crippen molar-refractivity contribution in [1.82, 2.24) is 4.90 Å². The van der Waals surface area contributed by atoms with Crippen LogP contribution >= 0.6 is 12.4 Å². The van der Waals surface area contributed by atoms with Gasteiger partial charge in [0, 0.05) is 19.1 Å². The molecule has 2 N–H and O–H groups in total. The van der Waals surface area contributed by atoms with Crippen molar-refractivity contribution in [3.05, 3.63) is 29.3 Å². The van der Waals surface area contributed by atoms with Crippen molar-refractivity contribution in [1.29, 1.82) is 0 Å². The average Bonchev–Trinajstić information content (AvgIpc) is 2.43. The predicted molar refractivity (Wildman–Crippen MR) is 91.5 cm³/mol. The van der Waals surface area contributed by atoms with Gasteiger partial charge in [0.2, 0.25) is 0 Å². The standard InChI is InChI=1S/C17H28N2O.ClH/c1-13-6-7-14(2)17(11-13)20-10-9-19-8-4-5-16(12-19)15(3)18;/h6-7,11,15-16H,4-5,8-10,12,18H2,1-3H3;1H. The van der Waals surface area contributed by atoms with E-state index < -0.39 is 0 Å². The van der Waals surface area contributed by atoms with Crippen molar-refractivity contribution in [2.45, 2.75) is 39.7 Å². The van der Waals surface area contributed by atoms with Crippen LogP contribution in [0.2, 0.25) is 0 Å². The number of likely N-dealkylation sites (tertiary alicyclic amines) is 1. The molecule has 1 aliphatic heterocycles. The Bertz CT molecular complexity index is 437. The van der Waals surface area contributed by atoms with E-state index in [2.05, 4.69) is 43.9 Å². The number of rotatable bonds is 5. The van der Waals surface area contributed by atoms with E-state index in [1.807, 2.05) is 0 Å². The number of hydrogen-bond donors (Lipinski definition) is 1. The SMILES string of the molecule is Cc1ccc(C)c(OCCN2CCCC(C(C)N)C2)c1.Cl. The lowest BCUT2D eigenvalue weighted by molar-refractivity contribution is 0.137. The van der Waals surface area contributed by atoms with E-state index >= 15 is 0 Å². The summed E-state index contributed by atoms with van der Waals surface area (Å²) in [4.78, 5) is 2.49. The number of piperidine rings is 1. The lowest BCUT2D eigenvalue weighted by Crippen LogP contribution is -2.43. The van der Waals surface area contributed by atoms with E-state index in [1.165, 1.54) is 30.5 Å². The Morgan fingerprint density at radius 1 is 1.38 bits per heavy atom. The molecule has 0 amide bonds. The van der Waals surface area contributed by atoms with Crippen molar-refractivity contribution in [2.24, 2.45) is 11.7 Å². The second-order valence-electron chi connectivity index (χ2n) is 6.18. The zero-order chi connectivity index (χ0) is 14.5. The highest BCUT2D eigenvalue weighted by Gasteiger charge is 2.22. The third-order valence-corrected chi connectivity index (χ3v) is 4.29. The maximum Gasteiger partial charge on any atom is 0.122 e. The monoisotopic (exact) mass is 312 g/mol. The Morgan fingerprint density at radius 2 is 2.14 bits per heavy atom. The van der Waals surface area contributed by atoms with Gasteiger partial charge in [-0.15, -0.1) is 12.4 Å². The normalized spacial score (nSPS) is 20.7. The van der Waals surface area contributed by atoms with E-state index in [9.17, 15) is 0 Å². The van der Waals surface area contributed by atoms with Crippen LogP contribution in [0.4, 0.5) is 0 Å². The van der Waals surface area contributed by atoms with Crippen LogP contribution < -0.4 is 10.5 Å². The predicted octanol–water partition coefficient (Wildman–Crippen LogP) is 3.16. The van der Waals surface area contributed by atoms with E-state index in [0.29, 0.717) is 12.0 Å². The maximum absolute atomic E-state index is 6.03. The number of hydrogen-bond acceptors (Lipinski definition) is 3. The minimum atomic E-state index is 0. The summed E-state index contributed by atoms with van der Waals surface area (Å²) in [5.74, 6) is 1.66. The smallest absolute Gasteiger partial charge is 0.122 e. The largest absolute Gasteiger partial charge is 0.492 e. The van der Waals surface area contributed by atoms with Gasteiger partial charge in [0.15, 0.2) is 0 Å². The van der Waals surface area contributed by atoms with Gasteiger partial charge in [-0.3, -0.25) is 4.90 Å². The third-order valence-electron chi connectivity index (χ3n) is 4.29. The topological polar surface area (TPSA) is 38.5 Å². The fraction of sp³-hybridized carbons (Fsp3) is 0.647. The molecule has 0 radical (unpaired) electrons. The molecule has 1 heterocycles. The minimum Gasteiger partial charge on any atom is -0.492 e. The molecule has 120 valence electrons. The molecule has 0 bridgehead atoms. The fourth-order valence-corrected chi connectivity index (χ4v) is 2.87. The number of halogens is 1. The molecule has 21 heavy (non-hydrogen) atoms. The highest BCUT2D eigenvalue weighted by molar-refractivity contribution is 5.85. The Kier molecular flexibility index (Phi) is 7.50. The van der Waals surface area contributed by atoms with Crippen molar-refractivity contribution < 1.29 is 4.74 Å². The molecule has 1 aliphatic rings. The Morgan fingerprint density at radius 3 is 2.86 bits per heavy atom. The zero-order valence-corrected chi connectivity index (χ0v) is 14.3. The van der Waals surface area contributed by atoms with Crippen molar-refractivity contribution >= 4 is 12.4 Å². The number of nitrogens with two attached hydrogens (primary N) is 1. The van der Waals surface area contributed by atoms with Gasteiger partial charge in [0.05, 0.1) is 0 Å². The molecule has 4 heteroatoms. The highest BCUT2D eigenvalue weighted by Crippen LogP contribution is 2.20. The van der Waals surface area contributed by atoms with Gasteiger partial charge in [0.1, 0.15) is 12.4 Å². The van der Waals surface area contributed by atoms with Crippen molar-refractivity contribution in [2.75, 3.05) is 26.2 Å². The summed E-state index contributed by atoms with van der Waals surface area (Å²) < 4.78 is 5.94. The van der Waals surface area contributed by atoms with Gasteiger partial charge in [-0.25, -0.2) is 0 Å². The first kappa shape index (κ1) is 18.3. The molecule has 0 spiro atoms. The molecule has 0 saturated carbocycles. The van der Waals surface area contributed by atoms with Crippen LogP contribution in [-0.4, -0.2) is 37.2 Å². The fourth-order valence-electron chi connectivity index (χ4n) is 2.87. The summed E-state index contributed by atoms with van der Waals surface area (Å²) in [5.41, 5.74) is 8.49. The minimum absolute atomic E-state index is 0. The zero-order valence-electron chi connectivity index (χ0n) is 13.5. The Labute approximate surface area is 135 Å². The maximum atomic E-state index is 6.03. The Balaban J connectivity index is 0.00000220. The number of aryl methyl sites for hydroxylation is 2. The quantitative estimate of drug-likeness (QED) is 0.907.